The van der Waals surface area contributed by atoms with Gasteiger partial charge in [-0.25, -0.2) is 13.2 Å². The molecule has 0 saturated carbocycles. The van der Waals surface area contributed by atoms with Gasteiger partial charge < -0.3 is 9.74 Å². The molecule has 31 heavy (non-hydrogen) atoms. The summed E-state index contributed by atoms with van der Waals surface area (Å²) in [7, 11) is 0. The maximum atomic E-state index is 14.2. The molecule has 0 N–H and O–H groups in total. The van der Waals surface area contributed by atoms with Crippen molar-refractivity contribution in [2.24, 2.45) is 5.16 Å². The van der Waals surface area contributed by atoms with Gasteiger partial charge in [-0.15, -0.1) is 0 Å². The van der Waals surface area contributed by atoms with E-state index >= 15 is 0 Å². The van der Waals surface area contributed by atoms with Gasteiger partial charge in [-0.2, -0.15) is 0 Å². The third kappa shape index (κ3) is 4.94. The minimum atomic E-state index is -0.632. The lowest BCUT2D eigenvalue weighted by Crippen LogP contribution is -2.37. The van der Waals surface area contributed by atoms with Gasteiger partial charge in [0.15, 0.2) is 6.10 Å². The van der Waals surface area contributed by atoms with Crippen molar-refractivity contribution in [1.82, 2.24) is 4.90 Å². The number of rotatable bonds is 6. The zero-order chi connectivity index (χ0) is 21.8. The average molecular weight is 424 g/mol. The molecule has 7 heteroatoms. The number of halogens is 3. The Labute approximate surface area is 177 Å². The van der Waals surface area contributed by atoms with E-state index in [-0.39, 0.29) is 24.5 Å². The van der Waals surface area contributed by atoms with Gasteiger partial charge in [0.1, 0.15) is 17.5 Å². The first-order chi connectivity index (χ1) is 15.0. The van der Waals surface area contributed by atoms with Crippen LogP contribution >= 0.6 is 0 Å². The smallest absolute Gasteiger partial charge is 0.257 e. The number of amides is 1. The second-order valence-corrected chi connectivity index (χ2v) is 7.27. The Hall–Kier alpha value is -3.61. The second kappa shape index (κ2) is 9.04. The van der Waals surface area contributed by atoms with Crippen molar-refractivity contribution in [3.8, 4) is 0 Å². The Kier molecular flexibility index (Phi) is 6.02. The first-order valence-electron chi connectivity index (χ1n) is 9.76. The summed E-state index contributed by atoms with van der Waals surface area (Å²) in [6.07, 6.45) is -0.0696. The first-order valence-corrected chi connectivity index (χ1v) is 9.76. The molecular weight excluding hydrogens is 405 g/mol. The maximum Gasteiger partial charge on any atom is 0.257 e. The van der Waals surface area contributed by atoms with Crippen molar-refractivity contribution in [1.29, 1.82) is 0 Å². The minimum Gasteiger partial charge on any atom is -0.390 e. The summed E-state index contributed by atoms with van der Waals surface area (Å²) in [6, 6.07) is 17.5. The Morgan fingerprint density at radius 2 is 1.74 bits per heavy atom. The van der Waals surface area contributed by atoms with E-state index in [1.807, 2.05) is 0 Å². The molecule has 3 aromatic carbocycles. The molecule has 1 aliphatic heterocycles. The number of carbonyl (C=O) groups excluding carboxylic acids is 1. The molecule has 1 unspecified atom stereocenters. The second-order valence-electron chi connectivity index (χ2n) is 7.27. The lowest BCUT2D eigenvalue weighted by molar-refractivity contribution is 0.0402. The highest BCUT2D eigenvalue weighted by Crippen LogP contribution is 2.21. The molecule has 4 nitrogen and oxygen atoms in total. The number of carbonyl (C=O) groups is 1. The van der Waals surface area contributed by atoms with Gasteiger partial charge in [-0.3, -0.25) is 4.79 Å². The third-order valence-electron chi connectivity index (χ3n) is 4.99. The number of nitrogens with zero attached hydrogens (tertiary/aromatic N) is 2. The van der Waals surface area contributed by atoms with Crippen LogP contribution in [0.5, 0.6) is 0 Å². The van der Waals surface area contributed by atoms with Crippen molar-refractivity contribution >= 4 is 11.6 Å². The molecule has 1 atom stereocenters. The molecule has 1 amide bonds. The Morgan fingerprint density at radius 3 is 2.48 bits per heavy atom. The van der Waals surface area contributed by atoms with E-state index in [1.54, 1.807) is 30.3 Å². The average Bonchev–Trinajstić information content (AvgIpc) is 3.22. The quantitative estimate of drug-likeness (QED) is 0.563. The summed E-state index contributed by atoms with van der Waals surface area (Å²) in [4.78, 5) is 20.0. The van der Waals surface area contributed by atoms with Gasteiger partial charge in [0.05, 0.1) is 17.8 Å². The largest absolute Gasteiger partial charge is 0.390 e. The SMILES string of the molecule is O=C(c1ccccc1F)N(Cc1cccc(F)c1)CC1CC(c2ccc(F)cc2)=NO1. The van der Waals surface area contributed by atoms with E-state index in [9.17, 15) is 18.0 Å². The number of oxime groups is 1. The number of hydrogen-bond donors (Lipinski definition) is 0. The molecule has 0 aromatic heterocycles. The fourth-order valence-electron chi connectivity index (χ4n) is 3.46. The van der Waals surface area contributed by atoms with Gasteiger partial charge in [0, 0.05) is 13.0 Å². The predicted octanol–water partition coefficient (Wildman–Crippen LogP) is 4.94. The van der Waals surface area contributed by atoms with Gasteiger partial charge in [-0.1, -0.05) is 41.6 Å². The topological polar surface area (TPSA) is 41.9 Å². The van der Waals surface area contributed by atoms with Gasteiger partial charge in [0.25, 0.3) is 5.91 Å². The highest BCUT2D eigenvalue weighted by atomic mass is 19.1. The van der Waals surface area contributed by atoms with Crippen LogP contribution in [0.3, 0.4) is 0 Å². The highest BCUT2D eigenvalue weighted by Gasteiger charge is 2.28. The van der Waals surface area contributed by atoms with Crippen LogP contribution in [0.2, 0.25) is 0 Å². The molecule has 0 bridgehead atoms. The summed E-state index contributed by atoms with van der Waals surface area (Å²) >= 11 is 0. The lowest BCUT2D eigenvalue weighted by Gasteiger charge is -2.25. The first kappa shape index (κ1) is 20.7. The monoisotopic (exact) mass is 424 g/mol. The number of benzene rings is 3. The summed E-state index contributed by atoms with van der Waals surface area (Å²) in [5, 5.41) is 4.06. The van der Waals surface area contributed by atoms with Crippen molar-refractivity contribution in [3.05, 3.63) is 107 Å². The molecule has 1 aliphatic rings. The Balaban J connectivity index is 1.53. The molecule has 4 rings (SSSR count). The fraction of sp³-hybridized carbons (Fsp3) is 0.167. The zero-order valence-corrected chi connectivity index (χ0v) is 16.5. The Morgan fingerprint density at radius 1 is 0.968 bits per heavy atom. The van der Waals surface area contributed by atoms with E-state index in [1.165, 1.54) is 47.4 Å². The lowest BCUT2D eigenvalue weighted by atomic mass is 10.0. The van der Waals surface area contributed by atoms with E-state index < -0.39 is 23.6 Å². The molecule has 0 radical (unpaired) electrons. The van der Waals surface area contributed by atoms with E-state index in [0.29, 0.717) is 17.7 Å². The van der Waals surface area contributed by atoms with Crippen LogP contribution < -0.4 is 0 Å². The molecule has 0 saturated heterocycles. The fourth-order valence-corrected chi connectivity index (χ4v) is 3.46. The standard InChI is InChI=1S/C24H19F3N2O2/c25-18-10-8-17(9-11-18)23-13-20(31-28-23)15-29(14-16-4-3-5-19(26)12-16)24(30)21-6-1-2-7-22(21)27/h1-12,20H,13-15H2. The predicted molar refractivity (Wildman–Crippen MR) is 110 cm³/mol. The van der Waals surface area contributed by atoms with Crippen LogP contribution in [-0.2, 0) is 11.4 Å². The van der Waals surface area contributed by atoms with Crippen molar-refractivity contribution in [2.45, 2.75) is 19.1 Å². The third-order valence-corrected chi connectivity index (χ3v) is 4.99. The molecule has 0 aliphatic carbocycles. The van der Waals surface area contributed by atoms with Crippen LogP contribution in [0.1, 0.15) is 27.9 Å². The molecule has 1 heterocycles. The van der Waals surface area contributed by atoms with E-state index in [2.05, 4.69) is 5.16 Å². The van der Waals surface area contributed by atoms with Gasteiger partial charge in [0.2, 0.25) is 0 Å². The normalized spacial score (nSPS) is 15.3. The summed E-state index contributed by atoms with van der Waals surface area (Å²) in [5.74, 6) is -1.93. The zero-order valence-electron chi connectivity index (χ0n) is 16.5. The van der Waals surface area contributed by atoms with Gasteiger partial charge >= 0.3 is 0 Å². The van der Waals surface area contributed by atoms with Gasteiger partial charge in [-0.05, 0) is 47.5 Å². The highest BCUT2D eigenvalue weighted by molar-refractivity contribution is 6.01. The van der Waals surface area contributed by atoms with Crippen LogP contribution in [0.4, 0.5) is 13.2 Å². The number of hydrogen-bond acceptors (Lipinski definition) is 3. The van der Waals surface area contributed by atoms with Crippen LogP contribution in [0, 0.1) is 17.5 Å². The summed E-state index contributed by atoms with van der Waals surface area (Å²) in [6.45, 7) is 0.203. The minimum absolute atomic E-state index is 0.0726. The van der Waals surface area contributed by atoms with Crippen molar-refractivity contribution in [3.63, 3.8) is 0 Å². The van der Waals surface area contributed by atoms with E-state index in [4.69, 9.17) is 4.84 Å². The van der Waals surface area contributed by atoms with Crippen molar-refractivity contribution < 1.29 is 22.8 Å². The molecule has 0 fully saturated rings. The van der Waals surface area contributed by atoms with Crippen LogP contribution in [0.25, 0.3) is 0 Å². The molecule has 158 valence electrons. The van der Waals surface area contributed by atoms with Crippen LogP contribution in [0.15, 0.2) is 78.0 Å². The maximum absolute atomic E-state index is 14.2. The summed E-state index contributed by atoms with van der Waals surface area (Å²) < 4.78 is 41.1. The summed E-state index contributed by atoms with van der Waals surface area (Å²) in [5.41, 5.74) is 1.86. The molecule has 3 aromatic rings. The molecule has 0 spiro atoms. The molecular formula is C24H19F3N2O2. The van der Waals surface area contributed by atoms with E-state index in [0.717, 1.165) is 5.56 Å². The Bertz CT molecular complexity index is 1120. The van der Waals surface area contributed by atoms with Crippen LogP contribution in [-0.4, -0.2) is 29.2 Å². The van der Waals surface area contributed by atoms with Crippen molar-refractivity contribution in [2.75, 3.05) is 6.54 Å².